The summed E-state index contributed by atoms with van der Waals surface area (Å²) < 4.78 is 39.4. The van der Waals surface area contributed by atoms with Gasteiger partial charge in [-0.05, 0) is 24.3 Å². The number of sulfonamides is 1. The predicted molar refractivity (Wildman–Crippen MR) is 104 cm³/mol. The van der Waals surface area contributed by atoms with Crippen LogP contribution < -0.4 is 10.5 Å². The zero-order chi connectivity index (χ0) is 20.5. The summed E-state index contributed by atoms with van der Waals surface area (Å²) in [7, 11) is -2.38. The van der Waals surface area contributed by atoms with Crippen LogP contribution in [0, 0.1) is 5.82 Å². The van der Waals surface area contributed by atoms with Gasteiger partial charge in [-0.2, -0.15) is 5.10 Å². The predicted octanol–water partition coefficient (Wildman–Crippen LogP) is 2.71. The standard InChI is InChI=1S/C18H16ClFN4O3S/c1-24-10-11(9-22-24)13-6-5-12(7-17(13)28(21,26)27)23-18(25)8-14-15(19)3-2-4-16(14)20/h2-7,9-10H,8H2,1H3,(H,23,25)(H2,21,26,27). The molecule has 146 valence electrons. The number of amides is 1. The first-order chi connectivity index (χ1) is 13.1. The number of nitrogens with zero attached hydrogens (tertiary/aromatic N) is 2. The van der Waals surface area contributed by atoms with Gasteiger partial charge in [0.15, 0.2) is 0 Å². The van der Waals surface area contributed by atoms with E-state index in [1.54, 1.807) is 13.2 Å². The minimum absolute atomic E-state index is 0.0558. The van der Waals surface area contributed by atoms with Gasteiger partial charge in [-0.25, -0.2) is 17.9 Å². The molecule has 28 heavy (non-hydrogen) atoms. The molecule has 0 saturated carbocycles. The molecule has 0 unspecified atom stereocenters. The van der Waals surface area contributed by atoms with Crippen molar-refractivity contribution in [2.45, 2.75) is 11.3 Å². The Bertz CT molecular complexity index is 1140. The second kappa shape index (κ2) is 7.70. The first-order valence-electron chi connectivity index (χ1n) is 8.04. The molecule has 1 aromatic heterocycles. The van der Waals surface area contributed by atoms with E-state index in [1.165, 1.54) is 47.3 Å². The summed E-state index contributed by atoms with van der Waals surface area (Å²) in [5.74, 6) is -1.15. The van der Waals surface area contributed by atoms with Crippen LogP contribution in [0.3, 0.4) is 0 Å². The lowest BCUT2D eigenvalue weighted by atomic mass is 10.1. The summed E-state index contributed by atoms with van der Waals surface area (Å²) in [6, 6.07) is 8.42. The number of halogens is 2. The summed E-state index contributed by atoms with van der Waals surface area (Å²) in [5.41, 5.74) is 1.17. The van der Waals surface area contributed by atoms with Crippen LogP contribution in [0.5, 0.6) is 0 Å². The number of aromatic nitrogens is 2. The highest BCUT2D eigenvalue weighted by Crippen LogP contribution is 2.29. The van der Waals surface area contributed by atoms with Crippen LogP contribution in [-0.2, 0) is 28.3 Å². The molecule has 0 saturated heterocycles. The van der Waals surface area contributed by atoms with Gasteiger partial charge < -0.3 is 5.32 Å². The van der Waals surface area contributed by atoms with E-state index in [0.717, 1.165) is 0 Å². The molecule has 0 spiro atoms. The van der Waals surface area contributed by atoms with Crippen molar-refractivity contribution in [3.8, 4) is 11.1 Å². The molecule has 0 radical (unpaired) electrons. The second-order valence-corrected chi connectivity index (χ2v) is 8.02. The molecule has 1 amide bonds. The van der Waals surface area contributed by atoms with Gasteiger partial charge in [-0.15, -0.1) is 0 Å². The lowest BCUT2D eigenvalue weighted by Gasteiger charge is -2.11. The zero-order valence-electron chi connectivity index (χ0n) is 14.7. The number of benzene rings is 2. The van der Waals surface area contributed by atoms with Crippen molar-refractivity contribution in [1.29, 1.82) is 0 Å². The molecule has 3 N–H and O–H groups in total. The average molecular weight is 423 g/mol. The number of carbonyl (C=O) groups is 1. The van der Waals surface area contributed by atoms with Gasteiger partial charge in [0.25, 0.3) is 0 Å². The summed E-state index contributed by atoms with van der Waals surface area (Å²) in [6.45, 7) is 0. The SMILES string of the molecule is Cn1cc(-c2ccc(NC(=O)Cc3c(F)cccc3Cl)cc2S(N)(=O)=O)cn1. The molecule has 0 aliphatic rings. The third-order valence-corrected chi connectivity index (χ3v) is 5.29. The molecule has 2 aromatic carbocycles. The van der Waals surface area contributed by atoms with Crippen LogP contribution >= 0.6 is 11.6 Å². The fraction of sp³-hybridized carbons (Fsp3) is 0.111. The third kappa shape index (κ3) is 4.38. The maximum Gasteiger partial charge on any atom is 0.238 e. The quantitative estimate of drug-likeness (QED) is 0.659. The highest BCUT2D eigenvalue weighted by atomic mass is 35.5. The van der Waals surface area contributed by atoms with E-state index in [4.69, 9.17) is 16.7 Å². The molecule has 0 bridgehead atoms. The number of primary sulfonamides is 1. The Morgan fingerprint density at radius 3 is 2.68 bits per heavy atom. The number of carbonyl (C=O) groups excluding carboxylic acids is 1. The van der Waals surface area contributed by atoms with Crippen molar-refractivity contribution in [3.05, 3.63) is 65.2 Å². The molecule has 7 nitrogen and oxygen atoms in total. The number of hydrogen-bond acceptors (Lipinski definition) is 4. The van der Waals surface area contributed by atoms with Crippen LogP contribution in [0.1, 0.15) is 5.56 Å². The van der Waals surface area contributed by atoms with Crippen molar-refractivity contribution in [3.63, 3.8) is 0 Å². The van der Waals surface area contributed by atoms with Gasteiger partial charge in [0, 0.05) is 40.6 Å². The Morgan fingerprint density at radius 1 is 1.32 bits per heavy atom. The number of anilines is 1. The Kier molecular flexibility index (Phi) is 5.50. The molecule has 0 fully saturated rings. The zero-order valence-corrected chi connectivity index (χ0v) is 16.3. The van der Waals surface area contributed by atoms with Crippen LogP contribution in [0.4, 0.5) is 10.1 Å². The van der Waals surface area contributed by atoms with Crippen LogP contribution in [0.15, 0.2) is 53.7 Å². The molecular weight excluding hydrogens is 407 g/mol. The van der Waals surface area contributed by atoms with Crippen molar-refractivity contribution < 1.29 is 17.6 Å². The van der Waals surface area contributed by atoms with Crippen LogP contribution in [-0.4, -0.2) is 24.1 Å². The summed E-state index contributed by atoms with van der Waals surface area (Å²) in [6.07, 6.45) is 2.84. The van der Waals surface area contributed by atoms with Gasteiger partial charge in [0.1, 0.15) is 5.82 Å². The van der Waals surface area contributed by atoms with Crippen LogP contribution in [0.25, 0.3) is 11.1 Å². The molecule has 3 rings (SSSR count). The number of aryl methyl sites for hydroxylation is 1. The Morgan fingerprint density at radius 2 is 2.07 bits per heavy atom. The Hall–Kier alpha value is -2.75. The maximum atomic E-state index is 13.8. The monoisotopic (exact) mass is 422 g/mol. The smallest absolute Gasteiger partial charge is 0.238 e. The minimum atomic E-state index is -4.07. The number of hydrogen-bond donors (Lipinski definition) is 2. The van der Waals surface area contributed by atoms with Crippen LogP contribution in [0.2, 0.25) is 5.02 Å². The molecule has 10 heteroatoms. The van der Waals surface area contributed by atoms with Gasteiger partial charge in [0.05, 0.1) is 17.5 Å². The van der Waals surface area contributed by atoms with E-state index < -0.39 is 21.7 Å². The Balaban J connectivity index is 1.90. The van der Waals surface area contributed by atoms with Gasteiger partial charge in [-0.1, -0.05) is 23.7 Å². The van der Waals surface area contributed by atoms with Gasteiger partial charge >= 0.3 is 0 Å². The van der Waals surface area contributed by atoms with E-state index in [2.05, 4.69) is 10.4 Å². The van der Waals surface area contributed by atoms with E-state index >= 15 is 0 Å². The first-order valence-corrected chi connectivity index (χ1v) is 9.96. The molecular formula is C18H16ClFN4O3S. The summed E-state index contributed by atoms with van der Waals surface area (Å²) >= 11 is 5.93. The van der Waals surface area contributed by atoms with Crippen molar-refractivity contribution in [1.82, 2.24) is 9.78 Å². The van der Waals surface area contributed by atoms with E-state index in [-0.39, 0.29) is 27.6 Å². The number of nitrogens with one attached hydrogen (secondary N) is 1. The normalized spacial score (nSPS) is 11.4. The fourth-order valence-electron chi connectivity index (χ4n) is 2.70. The van der Waals surface area contributed by atoms with E-state index in [9.17, 15) is 17.6 Å². The third-order valence-electron chi connectivity index (χ3n) is 3.99. The Labute approximate surface area is 166 Å². The second-order valence-electron chi connectivity index (χ2n) is 6.08. The van der Waals surface area contributed by atoms with Gasteiger partial charge in [0.2, 0.25) is 15.9 Å². The lowest BCUT2D eigenvalue weighted by molar-refractivity contribution is -0.115. The fourth-order valence-corrected chi connectivity index (χ4v) is 3.71. The van der Waals surface area contributed by atoms with E-state index in [0.29, 0.717) is 11.1 Å². The van der Waals surface area contributed by atoms with Crippen molar-refractivity contribution >= 4 is 33.2 Å². The molecule has 3 aromatic rings. The molecule has 0 aliphatic carbocycles. The number of nitrogens with two attached hydrogens (primary N) is 1. The topological polar surface area (TPSA) is 107 Å². The molecule has 0 atom stereocenters. The van der Waals surface area contributed by atoms with Gasteiger partial charge in [-0.3, -0.25) is 9.48 Å². The highest BCUT2D eigenvalue weighted by molar-refractivity contribution is 7.89. The number of rotatable bonds is 5. The summed E-state index contributed by atoms with van der Waals surface area (Å²) in [5, 5.41) is 12.0. The summed E-state index contributed by atoms with van der Waals surface area (Å²) in [4.78, 5) is 12.1. The molecule has 0 aliphatic heterocycles. The van der Waals surface area contributed by atoms with Crippen molar-refractivity contribution in [2.75, 3.05) is 5.32 Å². The molecule has 1 heterocycles. The van der Waals surface area contributed by atoms with E-state index in [1.807, 2.05) is 0 Å². The lowest BCUT2D eigenvalue weighted by Crippen LogP contribution is -2.17. The maximum absolute atomic E-state index is 13.8. The highest BCUT2D eigenvalue weighted by Gasteiger charge is 2.18. The minimum Gasteiger partial charge on any atom is -0.326 e. The first kappa shape index (κ1) is 20.0. The average Bonchev–Trinajstić information content (AvgIpc) is 3.04. The van der Waals surface area contributed by atoms with Crippen molar-refractivity contribution in [2.24, 2.45) is 12.2 Å². The largest absolute Gasteiger partial charge is 0.326 e.